The molecular weight excluding hydrogens is 303 g/mol. The highest BCUT2D eigenvalue weighted by Gasteiger charge is 2.26. The van der Waals surface area contributed by atoms with Crippen molar-refractivity contribution in [2.24, 2.45) is 5.16 Å². The molecule has 0 bridgehead atoms. The topological polar surface area (TPSA) is 89.0 Å². The Morgan fingerprint density at radius 2 is 1.91 bits per heavy atom. The van der Waals surface area contributed by atoms with Crippen LogP contribution in [0.5, 0.6) is 11.5 Å². The highest BCUT2D eigenvalue weighted by atomic mass is 19.1. The van der Waals surface area contributed by atoms with Crippen molar-refractivity contribution in [2.75, 3.05) is 0 Å². The quantitative estimate of drug-likeness (QED) is 0.393. The van der Waals surface area contributed by atoms with Crippen LogP contribution in [0, 0.1) is 11.0 Å². The Morgan fingerprint density at radius 1 is 1.22 bits per heavy atom. The molecule has 0 saturated carbocycles. The Bertz CT molecular complexity index is 734. The second-order valence-corrected chi connectivity index (χ2v) is 5.87. The second kappa shape index (κ2) is 6.12. The van der Waals surface area contributed by atoms with E-state index in [1.807, 2.05) is 0 Å². The summed E-state index contributed by atoms with van der Waals surface area (Å²) in [6.45, 7) is 5.23. The van der Waals surface area contributed by atoms with Crippen molar-refractivity contribution < 1.29 is 24.2 Å². The Kier molecular flexibility index (Phi) is 4.40. The fourth-order valence-electron chi connectivity index (χ4n) is 1.81. The molecule has 2 rings (SSSR count). The standard InChI is InChI=1S/C16H17FN2O4/c1-16(2,3)23-18-14(11-7-6-10(17)9-13(11)21)15-12(20)5-4-8-19(15)22/h4-9,20-21H,1-3H3/b18-14-. The summed E-state index contributed by atoms with van der Waals surface area (Å²) in [5, 5.41) is 35.9. The molecule has 0 fully saturated rings. The van der Waals surface area contributed by atoms with Crippen LogP contribution in [0.3, 0.4) is 0 Å². The maximum atomic E-state index is 13.2. The predicted molar refractivity (Wildman–Crippen MR) is 81.6 cm³/mol. The van der Waals surface area contributed by atoms with E-state index in [1.165, 1.54) is 24.4 Å². The first-order valence-electron chi connectivity index (χ1n) is 6.85. The molecule has 0 spiro atoms. The SMILES string of the molecule is CC(C)(C)O/N=C(/c1ccc(F)cc1O)c1c(O)ccc[n+]1[O-]. The van der Waals surface area contributed by atoms with Gasteiger partial charge in [-0.05, 0) is 39.0 Å². The average Bonchev–Trinajstić information content (AvgIpc) is 2.42. The van der Waals surface area contributed by atoms with E-state index >= 15 is 0 Å². The molecule has 0 radical (unpaired) electrons. The maximum absolute atomic E-state index is 13.2. The predicted octanol–water partition coefficient (Wildman–Crippen LogP) is 2.44. The van der Waals surface area contributed by atoms with Gasteiger partial charge in [0.05, 0.1) is 5.56 Å². The number of halogens is 1. The number of aromatic hydroxyl groups is 2. The van der Waals surface area contributed by atoms with Crippen LogP contribution in [-0.2, 0) is 4.84 Å². The third-order valence-electron chi connectivity index (χ3n) is 2.79. The third kappa shape index (κ3) is 3.88. The van der Waals surface area contributed by atoms with E-state index in [9.17, 15) is 19.8 Å². The second-order valence-electron chi connectivity index (χ2n) is 5.87. The van der Waals surface area contributed by atoms with Crippen molar-refractivity contribution in [1.82, 2.24) is 0 Å². The summed E-state index contributed by atoms with van der Waals surface area (Å²) in [4.78, 5) is 5.32. The average molecular weight is 320 g/mol. The van der Waals surface area contributed by atoms with Crippen LogP contribution in [0.25, 0.3) is 0 Å². The number of pyridine rings is 1. The van der Waals surface area contributed by atoms with Gasteiger partial charge in [0.25, 0.3) is 5.69 Å². The van der Waals surface area contributed by atoms with Crippen LogP contribution in [-0.4, -0.2) is 21.5 Å². The van der Waals surface area contributed by atoms with Gasteiger partial charge < -0.3 is 20.3 Å². The lowest BCUT2D eigenvalue weighted by atomic mass is 10.0. The Balaban J connectivity index is 2.66. The van der Waals surface area contributed by atoms with Crippen molar-refractivity contribution in [1.29, 1.82) is 0 Å². The zero-order valence-corrected chi connectivity index (χ0v) is 12.9. The number of benzene rings is 1. The van der Waals surface area contributed by atoms with E-state index in [4.69, 9.17) is 4.84 Å². The van der Waals surface area contributed by atoms with Gasteiger partial charge in [0.1, 0.15) is 17.2 Å². The molecule has 1 aromatic heterocycles. The van der Waals surface area contributed by atoms with E-state index < -0.39 is 17.2 Å². The van der Waals surface area contributed by atoms with Gasteiger partial charge in [-0.3, -0.25) is 0 Å². The van der Waals surface area contributed by atoms with Crippen molar-refractivity contribution in [3.8, 4) is 11.5 Å². The van der Waals surface area contributed by atoms with Crippen LogP contribution < -0.4 is 4.73 Å². The Morgan fingerprint density at radius 3 is 2.48 bits per heavy atom. The van der Waals surface area contributed by atoms with Gasteiger partial charge in [-0.15, -0.1) is 0 Å². The molecule has 6 nitrogen and oxygen atoms in total. The van der Waals surface area contributed by atoms with Crippen LogP contribution >= 0.6 is 0 Å². The molecule has 1 aromatic carbocycles. The van der Waals surface area contributed by atoms with Gasteiger partial charge in [-0.1, -0.05) is 5.16 Å². The number of hydrogen-bond donors (Lipinski definition) is 2. The molecule has 0 atom stereocenters. The van der Waals surface area contributed by atoms with Crippen LogP contribution in [0.2, 0.25) is 0 Å². The Hall–Kier alpha value is -2.83. The van der Waals surface area contributed by atoms with E-state index in [0.717, 1.165) is 12.1 Å². The summed E-state index contributed by atoms with van der Waals surface area (Å²) in [5.74, 6) is -1.42. The minimum absolute atomic E-state index is 0.0572. The van der Waals surface area contributed by atoms with Crippen molar-refractivity contribution in [2.45, 2.75) is 26.4 Å². The molecule has 122 valence electrons. The van der Waals surface area contributed by atoms with Gasteiger partial charge in [0.2, 0.25) is 0 Å². The summed E-state index contributed by atoms with van der Waals surface area (Å²) in [6, 6.07) is 5.91. The number of phenols is 1. The summed E-state index contributed by atoms with van der Waals surface area (Å²) < 4.78 is 13.6. The minimum Gasteiger partial charge on any atom is -0.618 e. The third-order valence-corrected chi connectivity index (χ3v) is 2.79. The summed E-state index contributed by atoms with van der Waals surface area (Å²) in [7, 11) is 0. The molecule has 0 aliphatic rings. The largest absolute Gasteiger partial charge is 0.618 e. The first-order valence-corrected chi connectivity index (χ1v) is 6.85. The molecule has 0 amide bonds. The molecule has 2 aromatic rings. The lowest BCUT2D eigenvalue weighted by molar-refractivity contribution is -0.607. The molecule has 0 aliphatic heterocycles. The van der Waals surface area contributed by atoms with Gasteiger partial charge in [0.15, 0.2) is 17.7 Å². The van der Waals surface area contributed by atoms with Crippen LogP contribution in [0.15, 0.2) is 41.7 Å². The number of rotatable bonds is 3. The Labute approximate surface area is 132 Å². The molecular formula is C16H17FN2O4. The molecule has 0 unspecified atom stereocenters. The van der Waals surface area contributed by atoms with Crippen molar-refractivity contribution >= 4 is 5.71 Å². The molecule has 2 N–H and O–H groups in total. The van der Waals surface area contributed by atoms with Gasteiger partial charge in [-0.2, -0.15) is 4.73 Å². The van der Waals surface area contributed by atoms with Gasteiger partial charge in [-0.25, -0.2) is 4.39 Å². The van der Waals surface area contributed by atoms with Crippen molar-refractivity contribution in [3.63, 3.8) is 0 Å². The maximum Gasteiger partial charge on any atom is 0.288 e. The molecule has 23 heavy (non-hydrogen) atoms. The zero-order chi connectivity index (χ0) is 17.2. The fraction of sp³-hybridized carbons (Fsp3) is 0.250. The van der Waals surface area contributed by atoms with E-state index in [1.54, 1.807) is 20.8 Å². The number of nitrogens with zero attached hydrogens (tertiary/aromatic N) is 2. The highest BCUT2D eigenvalue weighted by molar-refractivity contribution is 6.13. The van der Waals surface area contributed by atoms with E-state index in [0.29, 0.717) is 4.73 Å². The van der Waals surface area contributed by atoms with Crippen molar-refractivity contribution in [3.05, 3.63) is 58.8 Å². The number of hydrogen-bond acceptors (Lipinski definition) is 5. The number of phenolic OH excluding ortho intramolecular Hbond substituents is 1. The van der Waals surface area contributed by atoms with Gasteiger partial charge in [0, 0.05) is 12.1 Å². The zero-order valence-electron chi connectivity index (χ0n) is 12.9. The fourth-order valence-corrected chi connectivity index (χ4v) is 1.81. The molecule has 7 heteroatoms. The monoisotopic (exact) mass is 320 g/mol. The summed E-state index contributed by atoms with van der Waals surface area (Å²) in [5.41, 5.74) is -0.926. The van der Waals surface area contributed by atoms with Crippen LogP contribution in [0.1, 0.15) is 32.0 Å². The van der Waals surface area contributed by atoms with Gasteiger partial charge >= 0.3 is 0 Å². The number of aromatic nitrogens is 1. The number of oxime groups is 1. The lowest BCUT2D eigenvalue weighted by Gasteiger charge is -2.17. The first-order chi connectivity index (χ1) is 10.7. The molecule has 0 saturated heterocycles. The van der Waals surface area contributed by atoms with Crippen LogP contribution in [0.4, 0.5) is 4.39 Å². The van der Waals surface area contributed by atoms with E-state index in [-0.39, 0.29) is 22.7 Å². The summed E-state index contributed by atoms with van der Waals surface area (Å²) >= 11 is 0. The summed E-state index contributed by atoms with van der Waals surface area (Å²) in [6.07, 6.45) is 1.17. The normalized spacial score (nSPS) is 12.3. The van der Waals surface area contributed by atoms with E-state index in [2.05, 4.69) is 5.16 Å². The first kappa shape index (κ1) is 16.5. The minimum atomic E-state index is -0.668. The smallest absolute Gasteiger partial charge is 0.288 e. The molecule has 0 aliphatic carbocycles. The highest BCUT2D eigenvalue weighted by Crippen LogP contribution is 2.25. The lowest BCUT2D eigenvalue weighted by Crippen LogP contribution is -2.35. The molecule has 1 heterocycles.